The molecule has 5 heteroatoms. The quantitative estimate of drug-likeness (QED) is 0.850. The Morgan fingerprint density at radius 1 is 1.44 bits per heavy atom. The zero-order valence-electron chi connectivity index (χ0n) is 11.7. The maximum atomic E-state index is 11.1. The van der Waals surface area contributed by atoms with E-state index in [2.05, 4.69) is 38.8 Å². The lowest BCUT2D eigenvalue weighted by atomic mass is 10.2. The fourth-order valence-electron chi connectivity index (χ4n) is 1.21. The van der Waals surface area contributed by atoms with Crippen molar-refractivity contribution < 1.29 is 14.3 Å². The van der Waals surface area contributed by atoms with Gasteiger partial charge >= 0.3 is 5.97 Å². The summed E-state index contributed by atoms with van der Waals surface area (Å²) in [6.07, 6.45) is 1.59. The van der Waals surface area contributed by atoms with Gasteiger partial charge in [0, 0.05) is 6.20 Å². The van der Waals surface area contributed by atoms with Gasteiger partial charge in [0.1, 0.15) is 0 Å². The number of hydrogen-bond acceptors (Lipinski definition) is 3. The molecule has 1 heterocycles. The van der Waals surface area contributed by atoms with Gasteiger partial charge in [-0.05, 0) is 30.3 Å². The van der Waals surface area contributed by atoms with Crippen LogP contribution in [0.25, 0.3) is 0 Å². The second-order valence-electron chi connectivity index (χ2n) is 5.85. The van der Waals surface area contributed by atoms with E-state index in [4.69, 9.17) is 9.53 Å². The smallest absolute Gasteiger partial charge is 0.337 e. The molecule has 0 unspecified atom stereocenters. The molecule has 0 aliphatic rings. The van der Waals surface area contributed by atoms with E-state index < -0.39 is 14.3 Å². The molecular formula is C13H21NO3Si. The van der Waals surface area contributed by atoms with Crippen LogP contribution in [0.2, 0.25) is 18.1 Å². The van der Waals surface area contributed by atoms with Gasteiger partial charge in [0.05, 0.1) is 17.9 Å². The number of carboxylic acid groups (broad SMARTS) is 1. The third-order valence-electron chi connectivity index (χ3n) is 3.50. The summed E-state index contributed by atoms with van der Waals surface area (Å²) in [5.74, 6) is -0.961. The number of pyridine rings is 1. The van der Waals surface area contributed by atoms with Crippen LogP contribution in [0.3, 0.4) is 0 Å². The Bertz CT molecular complexity index is 438. The lowest BCUT2D eigenvalue weighted by Gasteiger charge is -2.36. The molecule has 18 heavy (non-hydrogen) atoms. The van der Waals surface area contributed by atoms with Crippen molar-refractivity contribution in [3.8, 4) is 0 Å². The minimum atomic E-state index is -1.88. The Morgan fingerprint density at radius 3 is 2.56 bits per heavy atom. The largest absolute Gasteiger partial charge is 0.478 e. The number of carbonyl (C=O) groups is 1. The summed E-state index contributed by atoms with van der Waals surface area (Å²) in [6, 6.07) is 3.18. The van der Waals surface area contributed by atoms with Crippen molar-refractivity contribution in [1.29, 1.82) is 0 Å². The van der Waals surface area contributed by atoms with Gasteiger partial charge in [-0.3, -0.25) is 4.98 Å². The Kier molecular flexibility index (Phi) is 4.29. The first-order valence-corrected chi connectivity index (χ1v) is 8.87. The van der Waals surface area contributed by atoms with Gasteiger partial charge < -0.3 is 9.53 Å². The molecule has 0 aliphatic heterocycles. The first-order chi connectivity index (χ1) is 8.15. The van der Waals surface area contributed by atoms with Crippen molar-refractivity contribution in [2.45, 2.75) is 45.5 Å². The maximum absolute atomic E-state index is 11.1. The van der Waals surface area contributed by atoms with Crippen LogP contribution in [-0.4, -0.2) is 24.4 Å². The lowest BCUT2D eigenvalue weighted by molar-refractivity contribution is 0.0693. The zero-order valence-corrected chi connectivity index (χ0v) is 12.7. The second kappa shape index (κ2) is 5.20. The van der Waals surface area contributed by atoms with Crippen LogP contribution in [0, 0.1) is 0 Å². The number of aromatic nitrogens is 1. The predicted molar refractivity (Wildman–Crippen MR) is 73.2 cm³/mol. The number of aromatic carboxylic acids is 1. The third kappa shape index (κ3) is 3.40. The van der Waals surface area contributed by atoms with Crippen LogP contribution in [0.1, 0.15) is 36.8 Å². The minimum absolute atomic E-state index is 0.102. The molecule has 0 bridgehead atoms. The highest BCUT2D eigenvalue weighted by Crippen LogP contribution is 2.37. The molecule has 1 rings (SSSR count). The summed E-state index contributed by atoms with van der Waals surface area (Å²) in [4.78, 5) is 15.2. The summed E-state index contributed by atoms with van der Waals surface area (Å²) < 4.78 is 5.98. The summed E-state index contributed by atoms with van der Waals surface area (Å²) in [7, 11) is -1.88. The van der Waals surface area contributed by atoms with Gasteiger partial charge in [-0.1, -0.05) is 20.8 Å². The van der Waals surface area contributed by atoms with E-state index in [0.29, 0.717) is 5.69 Å². The van der Waals surface area contributed by atoms with E-state index in [1.54, 1.807) is 18.3 Å². The Labute approximate surface area is 109 Å². The molecular weight excluding hydrogens is 246 g/mol. The first-order valence-electron chi connectivity index (χ1n) is 5.96. The fraction of sp³-hybridized carbons (Fsp3) is 0.538. The van der Waals surface area contributed by atoms with Gasteiger partial charge in [0.15, 0.2) is 8.32 Å². The average Bonchev–Trinajstić information content (AvgIpc) is 2.25. The Hall–Kier alpha value is -1.20. The molecule has 0 atom stereocenters. The fourth-order valence-corrected chi connectivity index (χ4v) is 2.14. The normalized spacial score (nSPS) is 12.5. The van der Waals surface area contributed by atoms with E-state index in [1.165, 1.54) is 0 Å². The first kappa shape index (κ1) is 14.9. The molecule has 4 nitrogen and oxygen atoms in total. The maximum Gasteiger partial charge on any atom is 0.337 e. The molecule has 0 spiro atoms. The number of nitrogens with zero attached hydrogens (tertiary/aromatic N) is 1. The standard InChI is InChI=1S/C13H21NO3Si/c1-13(2,3)18(4,5)17-9-11-10(12(15)16)7-6-8-14-11/h6-8H,9H2,1-5H3,(H,15,16). The van der Waals surface area contributed by atoms with Crippen LogP contribution in [0.4, 0.5) is 0 Å². The van der Waals surface area contributed by atoms with Crippen LogP contribution < -0.4 is 0 Å². The number of rotatable bonds is 4. The highest BCUT2D eigenvalue weighted by molar-refractivity contribution is 6.74. The van der Waals surface area contributed by atoms with Crippen molar-refractivity contribution >= 4 is 14.3 Å². The van der Waals surface area contributed by atoms with E-state index >= 15 is 0 Å². The van der Waals surface area contributed by atoms with E-state index in [1.807, 2.05) is 0 Å². The van der Waals surface area contributed by atoms with Crippen LogP contribution >= 0.6 is 0 Å². The Morgan fingerprint density at radius 2 is 2.06 bits per heavy atom. The molecule has 0 fully saturated rings. The molecule has 0 amide bonds. The second-order valence-corrected chi connectivity index (χ2v) is 10.7. The molecule has 1 aromatic heterocycles. The van der Waals surface area contributed by atoms with Gasteiger partial charge in [0.25, 0.3) is 0 Å². The summed E-state index contributed by atoms with van der Waals surface area (Å²) >= 11 is 0. The average molecular weight is 267 g/mol. The third-order valence-corrected chi connectivity index (χ3v) is 7.97. The van der Waals surface area contributed by atoms with Crippen molar-refractivity contribution in [2.24, 2.45) is 0 Å². The highest BCUT2D eigenvalue weighted by Gasteiger charge is 2.37. The molecule has 0 saturated heterocycles. The molecule has 0 saturated carbocycles. The summed E-state index contributed by atoms with van der Waals surface area (Å²) in [5.41, 5.74) is 0.714. The molecule has 100 valence electrons. The number of hydrogen-bond donors (Lipinski definition) is 1. The summed E-state index contributed by atoms with van der Waals surface area (Å²) in [6.45, 7) is 11.0. The molecule has 1 N–H and O–H groups in total. The monoisotopic (exact) mass is 267 g/mol. The number of carboxylic acids is 1. The molecule has 0 radical (unpaired) electrons. The van der Waals surface area contributed by atoms with Gasteiger partial charge in [-0.15, -0.1) is 0 Å². The zero-order chi connectivity index (χ0) is 14.0. The van der Waals surface area contributed by atoms with E-state index in [9.17, 15) is 4.79 Å². The summed E-state index contributed by atoms with van der Waals surface area (Å²) in [5, 5.41) is 9.17. The Balaban J connectivity index is 2.85. The van der Waals surface area contributed by atoms with Crippen molar-refractivity contribution in [1.82, 2.24) is 4.98 Å². The van der Waals surface area contributed by atoms with Crippen LogP contribution in [0.5, 0.6) is 0 Å². The van der Waals surface area contributed by atoms with Crippen LogP contribution in [0.15, 0.2) is 18.3 Å². The highest BCUT2D eigenvalue weighted by atomic mass is 28.4. The van der Waals surface area contributed by atoms with Gasteiger partial charge in [-0.2, -0.15) is 0 Å². The van der Waals surface area contributed by atoms with Crippen LogP contribution in [-0.2, 0) is 11.0 Å². The molecule has 0 aliphatic carbocycles. The molecule has 0 aromatic carbocycles. The minimum Gasteiger partial charge on any atom is -0.478 e. The lowest BCUT2D eigenvalue weighted by Crippen LogP contribution is -2.40. The van der Waals surface area contributed by atoms with E-state index in [0.717, 1.165) is 0 Å². The van der Waals surface area contributed by atoms with Crippen molar-refractivity contribution in [2.75, 3.05) is 0 Å². The molecule has 1 aromatic rings. The van der Waals surface area contributed by atoms with Crippen molar-refractivity contribution in [3.05, 3.63) is 29.6 Å². The predicted octanol–water partition coefficient (Wildman–Crippen LogP) is 3.30. The van der Waals surface area contributed by atoms with E-state index in [-0.39, 0.29) is 17.2 Å². The topological polar surface area (TPSA) is 59.4 Å². The van der Waals surface area contributed by atoms with Crippen molar-refractivity contribution in [3.63, 3.8) is 0 Å². The SMILES string of the molecule is CC(C)(C)[Si](C)(C)OCc1ncccc1C(=O)O. The van der Waals surface area contributed by atoms with Gasteiger partial charge in [0.2, 0.25) is 0 Å². The van der Waals surface area contributed by atoms with Gasteiger partial charge in [-0.25, -0.2) is 4.79 Å².